The topological polar surface area (TPSA) is 69.4 Å². The average molecular weight is 267 g/mol. The Balaban J connectivity index is 2.33. The predicted molar refractivity (Wildman–Crippen MR) is 70.1 cm³/mol. The molecule has 0 radical (unpaired) electrons. The van der Waals surface area contributed by atoms with Crippen LogP contribution in [0.15, 0.2) is 41.4 Å². The highest BCUT2D eigenvalue weighted by molar-refractivity contribution is 7.90. The summed E-state index contributed by atoms with van der Waals surface area (Å²) in [7, 11) is -3.63. The lowest BCUT2D eigenvalue weighted by Crippen LogP contribution is -2.37. The maximum Gasteiger partial charge on any atom is 0.292 e. The Kier molecular flexibility index (Phi) is 3.45. The molecule has 0 fully saturated rings. The number of benzene rings is 1. The summed E-state index contributed by atoms with van der Waals surface area (Å²) < 4.78 is 28.3. The third kappa shape index (κ3) is 2.57. The Morgan fingerprint density at radius 2 is 1.94 bits per heavy atom. The zero-order chi connectivity index (χ0) is 13.2. The quantitative estimate of drug-likeness (QED) is 0.846. The van der Waals surface area contributed by atoms with E-state index in [1.807, 2.05) is 37.3 Å². The lowest BCUT2D eigenvalue weighted by molar-refractivity contribution is 0.115. The van der Waals surface area contributed by atoms with Crippen molar-refractivity contribution in [3.63, 3.8) is 0 Å². The van der Waals surface area contributed by atoms with Crippen molar-refractivity contribution in [3.05, 3.63) is 47.0 Å². The van der Waals surface area contributed by atoms with Crippen LogP contribution in [0.4, 0.5) is 0 Å². The van der Waals surface area contributed by atoms with Crippen molar-refractivity contribution in [2.75, 3.05) is 0 Å². The highest BCUT2D eigenvalue weighted by atomic mass is 32.2. The summed E-state index contributed by atoms with van der Waals surface area (Å²) in [5, 5.41) is 1.03. The van der Waals surface area contributed by atoms with Crippen LogP contribution in [-0.2, 0) is 20.7 Å². The van der Waals surface area contributed by atoms with E-state index in [4.69, 9.17) is 9.92 Å². The Bertz CT molecular complexity index is 551. The second-order valence-corrected chi connectivity index (χ2v) is 5.94. The molecule has 4 nitrogen and oxygen atoms in total. The zero-order valence-corrected chi connectivity index (χ0v) is 11.1. The molecular formula is C13H17NO3S. The Morgan fingerprint density at radius 1 is 1.28 bits per heavy atom. The van der Waals surface area contributed by atoms with Gasteiger partial charge in [0.05, 0.1) is 11.1 Å². The minimum absolute atomic E-state index is 0.299. The molecule has 1 aromatic rings. The number of rotatable bonds is 4. The molecule has 18 heavy (non-hydrogen) atoms. The molecule has 98 valence electrons. The maximum absolute atomic E-state index is 11.5. The van der Waals surface area contributed by atoms with Gasteiger partial charge in [0.15, 0.2) is 0 Å². The fraction of sp³-hybridized carbons (Fsp3) is 0.385. The van der Waals surface area contributed by atoms with Crippen molar-refractivity contribution in [2.24, 2.45) is 5.73 Å². The first-order valence-electron chi connectivity index (χ1n) is 5.95. The Morgan fingerprint density at radius 3 is 2.44 bits per heavy atom. The van der Waals surface area contributed by atoms with Crippen molar-refractivity contribution in [1.29, 1.82) is 0 Å². The fourth-order valence-electron chi connectivity index (χ4n) is 2.29. The molecule has 1 aliphatic rings. The van der Waals surface area contributed by atoms with Gasteiger partial charge in [-0.2, -0.15) is 8.42 Å². The molecule has 0 saturated heterocycles. The minimum Gasteiger partial charge on any atom is -0.399 e. The second kappa shape index (κ2) is 4.74. The van der Waals surface area contributed by atoms with Gasteiger partial charge in [-0.25, -0.2) is 0 Å². The van der Waals surface area contributed by atoms with Gasteiger partial charge in [-0.05, 0) is 12.0 Å². The van der Waals surface area contributed by atoms with Crippen molar-refractivity contribution in [3.8, 4) is 0 Å². The van der Waals surface area contributed by atoms with Crippen LogP contribution >= 0.6 is 0 Å². The lowest BCUT2D eigenvalue weighted by Gasteiger charge is -2.28. The zero-order valence-electron chi connectivity index (χ0n) is 10.3. The first-order valence-corrected chi connectivity index (χ1v) is 7.42. The van der Waals surface area contributed by atoms with E-state index in [1.165, 1.54) is 0 Å². The normalized spacial score (nSPS) is 25.9. The van der Waals surface area contributed by atoms with E-state index >= 15 is 0 Å². The van der Waals surface area contributed by atoms with Gasteiger partial charge in [-0.1, -0.05) is 43.7 Å². The molecule has 1 atom stereocenters. The molecule has 1 aliphatic heterocycles. The first-order chi connectivity index (χ1) is 8.47. The molecule has 2 rings (SSSR count). The molecule has 0 aliphatic carbocycles. The largest absolute Gasteiger partial charge is 0.399 e. The van der Waals surface area contributed by atoms with Crippen LogP contribution in [0, 0.1) is 0 Å². The van der Waals surface area contributed by atoms with Crippen LogP contribution in [0.25, 0.3) is 0 Å². The summed E-state index contributed by atoms with van der Waals surface area (Å²) in [6, 6.07) is 9.64. The minimum atomic E-state index is -3.63. The summed E-state index contributed by atoms with van der Waals surface area (Å²) in [6.45, 7) is 1.98. The van der Waals surface area contributed by atoms with Gasteiger partial charge in [0, 0.05) is 6.42 Å². The number of hydrogen-bond donors (Lipinski definition) is 1. The van der Waals surface area contributed by atoms with Crippen LogP contribution in [0.2, 0.25) is 0 Å². The first kappa shape index (κ1) is 13.1. The molecule has 0 spiro atoms. The smallest absolute Gasteiger partial charge is 0.292 e. The molecule has 5 heteroatoms. The van der Waals surface area contributed by atoms with Crippen LogP contribution in [0.1, 0.15) is 25.3 Å². The fourth-order valence-corrected chi connectivity index (χ4v) is 3.55. The maximum atomic E-state index is 11.5. The van der Waals surface area contributed by atoms with E-state index in [0.29, 0.717) is 18.5 Å². The van der Waals surface area contributed by atoms with Gasteiger partial charge in [0.1, 0.15) is 5.60 Å². The monoisotopic (exact) mass is 267 g/mol. The van der Waals surface area contributed by atoms with E-state index in [-0.39, 0.29) is 0 Å². The highest BCUT2D eigenvalue weighted by Gasteiger charge is 2.43. The predicted octanol–water partition coefficient (Wildman–Crippen LogP) is 1.93. The van der Waals surface area contributed by atoms with E-state index in [0.717, 1.165) is 17.4 Å². The van der Waals surface area contributed by atoms with Gasteiger partial charge in [0.25, 0.3) is 10.1 Å². The third-order valence-corrected chi connectivity index (χ3v) is 4.15. The number of nitrogens with two attached hydrogens (primary N) is 1. The second-order valence-electron chi connectivity index (χ2n) is 4.56. The highest BCUT2D eigenvalue weighted by Crippen LogP contribution is 2.36. The molecule has 1 heterocycles. The van der Waals surface area contributed by atoms with Crippen molar-refractivity contribution in [2.45, 2.75) is 31.8 Å². The molecule has 0 saturated carbocycles. The summed E-state index contributed by atoms with van der Waals surface area (Å²) in [4.78, 5) is 0. The van der Waals surface area contributed by atoms with Crippen LogP contribution in [0.5, 0.6) is 0 Å². The lowest BCUT2D eigenvalue weighted by atomic mass is 9.88. The summed E-state index contributed by atoms with van der Waals surface area (Å²) in [5.74, 6) is 0. The van der Waals surface area contributed by atoms with Crippen LogP contribution < -0.4 is 5.73 Å². The van der Waals surface area contributed by atoms with Gasteiger partial charge < -0.3 is 5.73 Å². The average Bonchev–Trinajstić information content (AvgIpc) is 2.50. The van der Waals surface area contributed by atoms with E-state index in [2.05, 4.69) is 0 Å². The molecule has 0 aromatic heterocycles. The Hall–Kier alpha value is -1.33. The number of hydrogen-bond acceptors (Lipinski definition) is 4. The van der Waals surface area contributed by atoms with Gasteiger partial charge >= 0.3 is 0 Å². The molecule has 1 aromatic carbocycles. The standard InChI is InChI=1S/C13H17NO3S/c1-2-8-13(9-11-6-4-3-5-7-11)12(14)10-18(15,16)17-13/h3-7,10H,2,8-9,14H2,1H3. The van der Waals surface area contributed by atoms with Crippen molar-refractivity contribution >= 4 is 10.1 Å². The Labute approximate surface area is 108 Å². The molecule has 0 bridgehead atoms. The van der Waals surface area contributed by atoms with Crippen molar-refractivity contribution in [1.82, 2.24) is 0 Å². The van der Waals surface area contributed by atoms with E-state index in [9.17, 15) is 8.42 Å². The van der Waals surface area contributed by atoms with Crippen molar-refractivity contribution < 1.29 is 12.6 Å². The van der Waals surface area contributed by atoms with E-state index in [1.54, 1.807) is 0 Å². The molecule has 0 amide bonds. The van der Waals surface area contributed by atoms with Gasteiger partial charge in [0.2, 0.25) is 0 Å². The van der Waals surface area contributed by atoms with Gasteiger partial charge in [-0.15, -0.1) is 0 Å². The van der Waals surface area contributed by atoms with Gasteiger partial charge in [-0.3, -0.25) is 4.18 Å². The summed E-state index contributed by atoms with van der Waals surface area (Å²) >= 11 is 0. The third-order valence-electron chi connectivity index (χ3n) is 3.06. The molecule has 1 unspecified atom stereocenters. The summed E-state index contributed by atoms with van der Waals surface area (Å²) in [5.41, 5.74) is 6.29. The summed E-state index contributed by atoms with van der Waals surface area (Å²) in [6.07, 6.45) is 1.86. The SMILES string of the molecule is CCCC1(Cc2ccccc2)OS(=O)(=O)C=C1N. The molecule has 2 N–H and O–H groups in total. The molecular weight excluding hydrogens is 250 g/mol. The van der Waals surface area contributed by atoms with E-state index < -0.39 is 15.7 Å². The van der Waals surface area contributed by atoms with Crippen LogP contribution in [0.3, 0.4) is 0 Å². The van der Waals surface area contributed by atoms with Crippen LogP contribution in [-0.4, -0.2) is 14.0 Å².